The molecule has 0 amide bonds. The molecule has 14 heavy (non-hydrogen) atoms. The van der Waals surface area contributed by atoms with Crippen LogP contribution in [-0.2, 0) is 7.05 Å². The SMILES string of the molecule is CC.Cn1ccc2ccc(C#N)cc21. The average molecular weight is 186 g/mol. The summed E-state index contributed by atoms with van der Waals surface area (Å²) >= 11 is 0. The van der Waals surface area contributed by atoms with E-state index in [1.165, 1.54) is 5.39 Å². The lowest BCUT2D eigenvalue weighted by molar-refractivity contribution is 0.969. The molecular weight excluding hydrogens is 172 g/mol. The highest BCUT2D eigenvalue weighted by Crippen LogP contribution is 2.15. The summed E-state index contributed by atoms with van der Waals surface area (Å²) in [5, 5.41) is 9.84. The van der Waals surface area contributed by atoms with E-state index < -0.39 is 0 Å². The molecule has 72 valence electrons. The first-order valence-corrected chi connectivity index (χ1v) is 4.76. The molecule has 1 aromatic heterocycles. The Kier molecular flexibility index (Phi) is 3.30. The van der Waals surface area contributed by atoms with Gasteiger partial charge in [-0.1, -0.05) is 19.9 Å². The summed E-state index contributed by atoms with van der Waals surface area (Å²) < 4.78 is 2.01. The molecule has 1 heterocycles. The molecule has 0 saturated carbocycles. The Morgan fingerprint density at radius 2 is 1.93 bits per heavy atom. The van der Waals surface area contributed by atoms with Gasteiger partial charge in [-0.15, -0.1) is 0 Å². The second-order valence-electron chi connectivity index (χ2n) is 2.81. The molecule has 0 aliphatic carbocycles. The minimum atomic E-state index is 0.712. The number of fused-ring (bicyclic) bond motifs is 1. The molecule has 0 aliphatic heterocycles. The predicted molar refractivity (Wildman–Crippen MR) is 59.0 cm³/mol. The molecule has 0 bridgehead atoms. The summed E-state index contributed by atoms with van der Waals surface area (Å²) in [6.07, 6.45) is 1.99. The highest BCUT2D eigenvalue weighted by atomic mass is 14.9. The van der Waals surface area contributed by atoms with Crippen molar-refractivity contribution in [3.05, 3.63) is 36.0 Å². The van der Waals surface area contributed by atoms with E-state index in [0.29, 0.717) is 5.56 Å². The number of nitriles is 1. The zero-order chi connectivity index (χ0) is 10.6. The molecule has 0 N–H and O–H groups in total. The average Bonchev–Trinajstić information content (AvgIpc) is 2.63. The molecule has 0 radical (unpaired) electrons. The predicted octanol–water partition coefficient (Wildman–Crippen LogP) is 3.08. The van der Waals surface area contributed by atoms with Gasteiger partial charge in [0.2, 0.25) is 0 Å². The van der Waals surface area contributed by atoms with Gasteiger partial charge in [-0.05, 0) is 23.6 Å². The lowest BCUT2D eigenvalue weighted by Crippen LogP contribution is -1.83. The van der Waals surface area contributed by atoms with Crippen molar-refractivity contribution in [3.8, 4) is 6.07 Å². The van der Waals surface area contributed by atoms with E-state index in [2.05, 4.69) is 6.07 Å². The third-order valence-corrected chi connectivity index (χ3v) is 2.02. The zero-order valence-corrected chi connectivity index (χ0v) is 8.78. The molecular formula is C12H14N2. The molecule has 0 unspecified atom stereocenters. The number of aromatic nitrogens is 1. The molecule has 2 aromatic rings. The number of benzene rings is 1. The highest BCUT2D eigenvalue weighted by Gasteiger charge is 1.97. The summed E-state index contributed by atoms with van der Waals surface area (Å²) in [4.78, 5) is 0. The topological polar surface area (TPSA) is 28.7 Å². The fourth-order valence-corrected chi connectivity index (χ4v) is 1.33. The van der Waals surface area contributed by atoms with Gasteiger partial charge in [-0.3, -0.25) is 0 Å². The van der Waals surface area contributed by atoms with E-state index in [1.54, 1.807) is 0 Å². The first kappa shape index (κ1) is 10.3. The lowest BCUT2D eigenvalue weighted by Gasteiger charge is -1.95. The van der Waals surface area contributed by atoms with E-state index in [-0.39, 0.29) is 0 Å². The van der Waals surface area contributed by atoms with Crippen LogP contribution in [0.25, 0.3) is 10.9 Å². The maximum absolute atomic E-state index is 8.67. The number of nitrogens with zero attached hydrogens (tertiary/aromatic N) is 2. The van der Waals surface area contributed by atoms with Crippen LogP contribution in [0.3, 0.4) is 0 Å². The minimum absolute atomic E-state index is 0.712. The van der Waals surface area contributed by atoms with Gasteiger partial charge >= 0.3 is 0 Å². The van der Waals surface area contributed by atoms with E-state index in [0.717, 1.165) is 5.52 Å². The van der Waals surface area contributed by atoms with Crippen LogP contribution in [0.1, 0.15) is 19.4 Å². The molecule has 0 atom stereocenters. The highest BCUT2D eigenvalue weighted by molar-refractivity contribution is 5.81. The van der Waals surface area contributed by atoms with E-state index >= 15 is 0 Å². The smallest absolute Gasteiger partial charge is 0.0992 e. The summed E-state index contributed by atoms with van der Waals surface area (Å²) in [5.41, 5.74) is 1.82. The van der Waals surface area contributed by atoms with E-state index in [4.69, 9.17) is 5.26 Å². The number of hydrogen-bond donors (Lipinski definition) is 0. The third kappa shape index (κ3) is 1.77. The van der Waals surface area contributed by atoms with Crippen molar-refractivity contribution in [2.45, 2.75) is 13.8 Å². The van der Waals surface area contributed by atoms with Gasteiger partial charge in [-0.25, -0.2) is 0 Å². The Morgan fingerprint density at radius 3 is 2.57 bits per heavy atom. The molecule has 0 fully saturated rings. The van der Waals surface area contributed by atoms with E-state index in [1.807, 2.05) is 55.9 Å². The summed E-state index contributed by atoms with van der Waals surface area (Å²) in [6.45, 7) is 4.00. The third-order valence-electron chi connectivity index (χ3n) is 2.02. The quantitative estimate of drug-likeness (QED) is 0.621. The molecule has 2 rings (SSSR count). The number of rotatable bonds is 0. The monoisotopic (exact) mass is 186 g/mol. The maximum atomic E-state index is 8.67. The van der Waals surface area contributed by atoms with Crippen molar-refractivity contribution in [2.24, 2.45) is 7.05 Å². The van der Waals surface area contributed by atoms with Crippen LogP contribution < -0.4 is 0 Å². The summed E-state index contributed by atoms with van der Waals surface area (Å²) in [5.74, 6) is 0. The molecule has 1 aromatic carbocycles. The van der Waals surface area contributed by atoms with Gasteiger partial charge in [0.25, 0.3) is 0 Å². The summed E-state index contributed by atoms with van der Waals surface area (Å²) in [7, 11) is 1.98. The van der Waals surface area contributed by atoms with Crippen LogP contribution >= 0.6 is 0 Å². The standard InChI is InChI=1S/C10H8N2.C2H6/c1-12-5-4-9-3-2-8(7-11)6-10(9)12;1-2/h2-6H,1H3;1-2H3. The number of aryl methyl sites for hydroxylation is 1. The van der Waals surface area contributed by atoms with Crippen LogP contribution in [0, 0.1) is 11.3 Å². The maximum Gasteiger partial charge on any atom is 0.0992 e. The fraction of sp³-hybridized carbons (Fsp3) is 0.250. The molecule has 0 aliphatic rings. The Bertz CT molecular complexity index is 461. The fourth-order valence-electron chi connectivity index (χ4n) is 1.33. The number of hydrogen-bond acceptors (Lipinski definition) is 1. The molecule has 2 nitrogen and oxygen atoms in total. The summed E-state index contributed by atoms with van der Waals surface area (Å²) in [6, 6.07) is 9.86. The van der Waals surface area contributed by atoms with Crippen molar-refractivity contribution < 1.29 is 0 Å². The molecule has 2 heteroatoms. The Morgan fingerprint density at radius 1 is 1.21 bits per heavy atom. The van der Waals surface area contributed by atoms with Gasteiger partial charge in [0.15, 0.2) is 0 Å². The van der Waals surface area contributed by atoms with Crippen LogP contribution in [0.15, 0.2) is 30.5 Å². The van der Waals surface area contributed by atoms with Gasteiger partial charge in [0, 0.05) is 18.8 Å². The van der Waals surface area contributed by atoms with E-state index in [9.17, 15) is 0 Å². The van der Waals surface area contributed by atoms with Crippen molar-refractivity contribution in [3.63, 3.8) is 0 Å². The normalized spacial score (nSPS) is 9.00. The Hall–Kier alpha value is -1.75. The van der Waals surface area contributed by atoms with Gasteiger partial charge in [0.1, 0.15) is 0 Å². The van der Waals surface area contributed by atoms with Gasteiger partial charge in [0.05, 0.1) is 11.6 Å². The second-order valence-corrected chi connectivity index (χ2v) is 2.81. The Labute approximate surface area is 84.4 Å². The van der Waals surface area contributed by atoms with Crippen molar-refractivity contribution in [1.82, 2.24) is 4.57 Å². The van der Waals surface area contributed by atoms with Gasteiger partial charge < -0.3 is 4.57 Å². The first-order chi connectivity index (χ1) is 6.81. The largest absolute Gasteiger partial charge is 0.351 e. The zero-order valence-electron chi connectivity index (χ0n) is 8.78. The van der Waals surface area contributed by atoms with Crippen molar-refractivity contribution in [2.75, 3.05) is 0 Å². The van der Waals surface area contributed by atoms with Crippen LogP contribution in [0.2, 0.25) is 0 Å². The lowest BCUT2D eigenvalue weighted by atomic mass is 10.2. The molecule has 0 saturated heterocycles. The van der Waals surface area contributed by atoms with Crippen LogP contribution in [0.5, 0.6) is 0 Å². The minimum Gasteiger partial charge on any atom is -0.351 e. The van der Waals surface area contributed by atoms with Gasteiger partial charge in [-0.2, -0.15) is 5.26 Å². The van der Waals surface area contributed by atoms with Crippen molar-refractivity contribution in [1.29, 1.82) is 5.26 Å². The van der Waals surface area contributed by atoms with Crippen molar-refractivity contribution >= 4 is 10.9 Å². The second kappa shape index (κ2) is 4.48. The van der Waals surface area contributed by atoms with Crippen LogP contribution in [0.4, 0.5) is 0 Å². The first-order valence-electron chi connectivity index (χ1n) is 4.76. The van der Waals surface area contributed by atoms with Crippen LogP contribution in [-0.4, -0.2) is 4.57 Å². The Balaban J connectivity index is 0.000000461. The molecule has 0 spiro atoms.